The van der Waals surface area contributed by atoms with Crippen LogP contribution in [0.4, 0.5) is 5.69 Å². The van der Waals surface area contributed by atoms with Crippen molar-refractivity contribution >= 4 is 34.5 Å². The fourth-order valence-corrected chi connectivity index (χ4v) is 2.91. The van der Waals surface area contributed by atoms with E-state index >= 15 is 0 Å². The first kappa shape index (κ1) is 14.1. The molecule has 0 aliphatic heterocycles. The second-order valence-electron chi connectivity index (χ2n) is 4.25. The van der Waals surface area contributed by atoms with Crippen molar-refractivity contribution in [3.63, 3.8) is 0 Å². The fourth-order valence-electron chi connectivity index (χ4n) is 1.73. The van der Waals surface area contributed by atoms with Gasteiger partial charge in [0.1, 0.15) is 4.88 Å². The van der Waals surface area contributed by atoms with E-state index in [1.54, 1.807) is 0 Å². The summed E-state index contributed by atoms with van der Waals surface area (Å²) in [6, 6.07) is 7.74. The molecule has 2 rings (SSSR count). The van der Waals surface area contributed by atoms with Gasteiger partial charge in [-0.3, -0.25) is 4.79 Å². The Labute approximate surface area is 121 Å². The molecule has 100 valence electrons. The highest BCUT2D eigenvalue weighted by Crippen LogP contribution is 2.27. The minimum Gasteiger partial charge on any atom is -0.321 e. The average molecular weight is 295 g/mol. The van der Waals surface area contributed by atoms with Crippen LogP contribution in [0.2, 0.25) is 5.02 Å². The Kier molecular flexibility index (Phi) is 4.58. The van der Waals surface area contributed by atoms with E-state index in [1.165, 1.54) is 11.3 Å². The van der Waals surface area contributed by atoms with E-state index in [-0.39, 0.29) is 5.91 Å². The lowest BCUT2D eigenvalue weighted by molar-refractivity contribution is 0.103. The smallest absolute Gasteiger partial charge is 0.267 e. The average Bonchev–Trinajstić information content (AvgIpc) is 2.71. The lowest BCUT2D eigenvalue weighted by Gasteiger charge is -2.06. The van der Waals surface area contributed by atoms with E-state index in [4.69, 9.17) is 11.6 Å². The molecule has 0 aliphatic rings. The van der Waals surface area contributed by atoms with Gasteiger partial charge in [-0.25, -0.2) is 0 Å². The zero-order valence-electron chi connectivity index (χ0n) is 10.8. The number of halogens is 1. The van der Waals surface area contributed by atoms with Crippen molar-refractivity contribution in [2.45, 2.75) is 13.5 Å². The number of aryl methyl sites for hydroxylation is 1. The third kappa shape index (κ3) is 3.35. The quantitative estimate of drug-likeness (QED) is 0.903. The molecule has 0 unspecified atom stereocenters. The molecule has 0 aliphatic carbocycles. The van der Waals surface area contributed by atoms with Crippen LogP contribution in [0.1, 0.15) is 20.8 Å². The normalized spacial score (nSPS) is 10.5. The molecule has 3 nitrogen and oxygen atoms in total. The molecule has 0 spiro atoms. The van der Waals surface area contributed by atoms with Gasteiger partial charge in [0.25, 0.3) is 5.91 Å². The van der Waals surface area contributed by atoms with Crippen molar-refractivity contribution < 1.29 is 4.79 Å². The predicted octanol–water partition coefficient (Wildman–Crippen LogP) is 3.68. The summed E-state index contributed by atoms with van der Waals surface area (Å²) >= 11 is 7.45. The van der Waals surface area contributed by atoms with E-state index in [1.807, 2.05) is 43.6 Å². The molecular weight excluding hydrogens is 280 g/mol. The standard InChI is InChI=1S/C14H15ClN2OS/c1-9-8-19-13(12(9)15)14(18)17-11-5-3-4-10(6-11)7-16-2/h3-6,8,16H,7H2,1-2H3,(H,17,18). The molecular formula is C14H15ClN2OS. The van der Waals surface area contributed by atoms with Crippen molar-refractivity contribution in [1.29, 1.82) is 0 Å². The molecule has 1 amide bonds. The third-order valence-corrected chi connectivity index (χ3v) is 4.37. The fraction of sp³-hybridized carbons (Fsp3) is 0.214. The summed E-state index contributed by atoms with van der Waals surface area (Å²) < 4.78 is 0. The molecule has 1 heterocycles. The molecule has 0 saturated heterocycles. The lowest BCUT2D eigenvalue weighted by atomic mass is 10.2. The Balaban J connectivity index is 2.15. The summed E-state index contributed by atoms with van der Waals surface area (Å²) in [5.41, 5.74) is 2.83. The maximum atomic E-state index is 12.1. The van der Waals surface area contributed by atoms with Crippen LogP contribution in [0.5, 0.6) is 0 Å². The first-order chi connectivity index (χ1) is 9.11. The van der Waals surface area contributed by atoms with Gasteiger partial charge in [-0.15, -0.1) is 11.3 Å². The van der Waals surface area contributed by atoms with Crippen molar-refractivity contribution in [2.75, 3.05) is 12.4 Å². The monoisotopic (exact) mass is 294 g/mol. The minimum absolute atomic E-state index is 0.162. The molecule has 19 heavy (non-hydrogen) atoms. The van der Waals surface area contributed by atoms with Crippen LogP contribution in [-0.4, -0.2) is 13.0 Å². The molecule has 2 aromatic rings. The summed E-state index contributed by atoms with van der Waals surface area (Å²) in [5, 5.41) is 8.37. The number of carbonyl (C=O) groups is 1. The molecule has 2 N–H and O–H groups in total. The molecule has 0 radical (unpaired) electrons. The number of anilines is 1. The van der Waals surface area contributed by atoms with E-state index in [0.717, 1.165) is 23.4 Å². The van der Waals surface area contributed by atoms with Gasteiger partial charge in [0, 0.05) is 12.2 Å². The van der Waals surface area contributed by atoms with Crippen LogP contribution in [0.25, 0.3) is 0 Å². The lowest BCUT2D eigenvalue weighted by Crippen LogP contribution is -2.11. The molecule has 5 heteroatoms. The number of hydrogen-bond acceptors (Lipinski definition) is 3. The second-order valence-corrected chi connectivity index (χ2v) is 5.50. The van der Waals surface area contributed by atoms with E-state index in [9.17, 15) is 4.79 Å². The molecule has 0 saturated carbocycles. The largest absolute Gasteiger partial charge is 0.321 e. The van der Waals surface area contributed by atoms with Gasteiger partial charge in [0.2, 0.25) is 0 Å². The maximum Gasteiger partial charge on any atom is 0.267 e. The number of nitrogens with one attached hydrogen (secondary N) is 2. The van der Waals surface area contributed by atoms with E-state index in [0.29, 0.717) is 9.90 Å². The molecule has 0 bridgehead atoms. The predicted molar refractivity (Wildman–Crippen MR) is 81.2 cm³/mol. The maximum absolute atomic E-state index is 12.1. The zero-order chi connectivity index (χ0) is 13.8. The first-order valence-corrected chi connectivity index (χ1v) is 7.16. The molecule has 1 aromatic carbocycles. The van der Waals surface area contributed by atoms with Crippen molar-refractivity contribution in [3.05, 3.63) is 50.7 Å². The number of rotatable bonds is 4. The molecule has 0 fully saturated rings. The minimum atomic E-state index is -0.162. The summed E-state index contributed by atoms with van der Waals surface area (Å²) in [4.78, 5) is 12.7. The Morgan fingerprint density at radius 3 is 2.84 bits per heavy atom. The van der Waals surface area contributed by atoms with Crippen LogP contribution in [0, 0.1) is 6.92 Å². The summed E-state index contributed by atoms with van der Waals surface area (Å²) in [6.45, 7) is 2.66. The van der Waals surface area contributed by atoms with Crippen LogP contribution in [-0.2, 0) is 6.54 Å². The number of thiophene rings is 1. The van der Waals surface area contributed by atoms with Gasteiger partial charge in [-0.1, -0.05) is 23.7 Å². The van der Waals surface area contributed by atoms with Gasteiger partial charge in [0.15, 0.2) is 0 Å². The Morgan fingerprint density at radius 1 is 1.42 bits per heavy atom. The van der Waals surface area contributed by atoms with Gasteiger partial charge in [0.05, 0.1) is 5.02 Å². The van der Waals surface area contributed by atoms with Gasteiger partial charge in [-0.2, -0.15) is 0 Å². The van der Waals surface area contributed by atoms with E-state index in [2.05, 4.69) is 10.6 Å². The van der Waals surface area contributed by atoms with Gasteiger partial charge < -0.3 is 10.6 Å². The Bertz CT molecular complexity index is 595. The van der Waals surface area contributed by atoms with Crippen LogP contribution < -0.4 is 10.6 Å². The number of hydrogen-bond donors (Lipinski definition) is 2. The Hall–Kier alpha value is -1.36. The molecule has 0 atom stereocenters. The van der Waals surface area contributed by atoms with Crippen LogP contribution in [0.3, 0.4) is 0 Å². The van der Waals surface area contributed by atoms with Crippen molar-refractivity contribution in [2.24, 2.45) is 0 Å². The third-order valence-electron chi connectivity index (χ3n) is 2.67. The zero-order valence-corrected chi connectivity index (χ0v) is 12.4. The van der Waals surface area contributed by atoms with Crippen molar-refractivity contribution in [3.8, 4) is 0 Å². The number of benzene rings is 1. The highest BCUT2D eigenvalue weighted by atomic mass is 35.5. The van der Waals surface area contributed by atoms with E-state index < -0.39 is 0 Å². The molecule has 1 aromatic heterocycles. The van der Waals surface area contributed by atoms with Gasteiger partial charge in [-0.05, 0) is 42.6 Å². The van der Waals surface area contributed by atoms with Crippen molar-refractivity contribution in [1.82, 2.24) is 5.32 Å². The van der Waals surface area contributed by atoms with Crippen LogP contribution in [0.15, 0.2) is 29.6 Å². The number of carbonyl (C=O) groups excluding carboxylic acids is 1. The second kappa shape index (κ2) is 6.19. The SMILES string of the molecule is CNCc1cccc(NC(=O)c2scc(C)c2Cl)c1. The highest BCUT2D eigenvalue weighted by molar-refractivity contribution is 7.13. The topological polar surface area (TPSA) is 41.1 Å². The Morgan fingerprint density at radius 2 is 2.21 bits per heavy atom. The van der Waals surface area contributed by atoms with Gasteiger partial charge >= 0.3 is 0 Å². The highest BCUT2D eigenvalue weighted by Gasteiger charge is 2.14. The first-order valence-electron chi connectivity index (χ1n) is 5.90. The van der Waals surface area contributed by atoms with Crippen LogP contribution >= 0.6 is 22.9 Å². The number of amides is 1. The summed E-state index contributed by atoms with van der Waals surface area (Å²) in [7, 11) is 1.89. The summed E-state index contributed by atoms with van der Waals surface area (Å²) in [6.07, 6.45) is 0. The summed E-state index contributed by atoms with van der Waals surface area (Å²) in [5.74, 6) is -0.162.